The lowest BCUT2D eigenvalue weighted by Crippen LogP contribution is -2.49. The van der Waals surface area contributed by atoms with E-state index in [-0.39, 0.29) is 0 Å². The van der Waals surface area contributed by atoms with E-state index in [4.69, 9.17) is 0 Å². The van der Waals surface area contributed by atoms with Gasteiger partial charge in [-0.05, 0) is 12.1 Å². The van der Waals surface area contributed by atoms with Crippen molar-refractivity contribution in [1.29, 1.82) is 0 Å². The highest BCUT2D eigenvalue weighted by Gasteiger charge is 2.30. The van der Waals surface area contributed by atoms with Crippen LogP contribution in [-0.4, -0.2) is 38.9 Å². The molecule has 0 unspecified atom stereocenters. The number of hydrogen-bond acceptors (Lipinski definition) is 2. The topological polar surface area (TPSA) is 35.6 Å². The minimum atomic E-state index is -4.40. The average molecular weight is 273 g/mol. The summed E-state index contributed by atoms with van der Waals surface area (Å²) >= 11 is 0. The minimum absolute atomic E-state index is 0.358. The molecule has 104 valence electrons. The van der Waals surface area contributed by atoms with Gasteiger partial charge in [-0.15, -0.1) is 0 Å². The van der Waals surface area contributed by atoms with Crippen LogP contribution in [0, 0.1) is 0 Å². The average Bonchev–Trinajstić information content (AvgIpc) is 2.36. The zero-order valence-electron chi connectivity index (χ0n) is 10.4. The molecule has 1 heterocycles. The number of rotatable bonds is 1. The van der Waals surface area contributed by atoms with Gasteiger partial charge in [-0.2, -0.15) is 13.2 Å². The number of anilines is 2. The van der Waals surface area contributed by atoms with Gasteiger partial charge in [-0.25, -0.2) is 4.79 Å². The standard InChI is InChI=1S/C12H14F3N3O/c1-17-6-7-18(10-5-3-2-4-9(10)17)11(19)16-8-12(13,14)15/h2-5H,6-8H2,1H3,(H,16,19). The Hall–Kier alpha value is -1.92. The summed E-state index contributed by atoms with van der Waals surface area (Å²) in [6, 6.07) is 6.41. The molecule has 1 aliphatic heterocycles. The number of nitrogens with zero attached hydrogens (tertiary/aromatic N) is 2. The lowest BCUT2D eigenvalue weighted by molar-refractivity contribution is -0.122. The molecule has 19 heavy (non-hydrogen) atoms. The molecule has 1 aliphatic rings. The SMILES string of the molecule is CN1CCN(C(=O)NCC(F)(F)F)c2ccccc21. The highest BCUT2D eigenvalue weighted by atomic mass is 19.4. The van der Waals surface area contributed by atoms with E-state index < -0.39 is 18.8 Å². The molecular weight excluding hydrogens is 259 g/mol. The molecule has 0 atom stereocenters. The third-order valence-corrected chi connectivity index (χ3v) is 2.93. The first kappa shape index (κ1) is 13.5. The lowest BCUT2D eigenvalue weighted by Gasteiger charge is -2.35. The fourth-order valence-corrected chi connectivity index (χ4v) is 1.99. The summed E-state index contributed by atoms with van der Waals surface area (Å²) in [4.78, 5) is 15.1. The van der Waals surface area contributed by atoms with Crippen molar-refractivity contribution in [1.82, 2.24) is 5.32 Å². The third-order valence-electron chi connectivity index (χ3n) is 2.93. The van der Waals surface area contributed by atoms with E-state index in [0.717, 1.165) is 5.69 Å². The Balaban J connectivity index is 2.14. The minimum Gasteiger partial charge on any atom is -0.371 e. The molecule has 2 rings (SSSR count). The molecule has 1 aromatic rings. The van der Waals surface area contributed by atoms with Crippen LogP contribution in [0.25, 0.3) is 0 Å². The molecule has 0 spiro atoms. The van der Waals surface area contributed by atoms with Gasteiger partial charge < -0.3 is 10.2 Å². The van der Waals surface area contributed by atoms with Crippen molar-refractivity contribution in [3.63, 3.8) is 0 Å². The Labute approximate surface area is 108 Å². The lowest BCUT2D eigenvalue weighted by atomic mass is 10.2. The number of hydrogen-bond donors (Lipinski definition) is 1. The van der Waals surface area contributed by atoms with Crippen molar-refractivity contribution >= 4 is 17.4 Å². The van der Waals surface area contributed by atoms with Crippen molar-refractivity contribution in [3.8, 4) is 0 Å². The molecule has 0 aromatic heterocycles. The highest BCUT2D eigenvalue weighted by molar-refractivity contribution is 5.96. The predicted molar refractivity (Wildman–Crippen MR) is 66.5 cm³/mol. The maximum Gasteiger partial charge on any atom is 0.405 e. The van der Waals surface area contributed by atoms with Crippen molar-refractivity contribution in [3.05, 3.63) is 24.3 Å². The number of benzene rings is 1. The number of amides is 2. The van der Waals surface area contributed by atoms with Gasteiger partial charge in [0.15, 0.2) is 0 Å². The maximum absolute atomic E-state index is 12.1. The van der Waals surface area contributed by atoms with Crippen LogP contribution in [0.15, 0.2) is 24.3 Å². The molecule has 0 saturated heterocycles. The van der Waals surface area contributed by atoms with Crippen LogP contribution in [-0.2, 0) is 0 Å². The van der Waals surface area contributed by atoms with Crippen molar-refractivity contribution in [2.75, 3.05) is 36.5 Å². The van der Waals surface area contributed by atoms with E-state index in [1.165, 1.54) is 4.90 Å². The van der Waals surface area contributed by atoms with Gasteiger partial charge in [-0.1, -0.05) is 12.1 Å². The molecule has 0 bridgehead atoms. The van der Waals surface area contributed by atoms with Crippen LogP contribution in [0.4, 0.5) is 29.3 Å². The summed E-state index contributed by atoms with van der Waals surface area (Å²) in [7, 11) is 1.88. The Morgan fingerprint density at radius 1 is 1.26 bits per heavy atom. The van der Waals surface area contributed by atoms with E-state index in [1.54, 1.807) is 12.1 Å². The third kappa shape index (κ3) is 3.10. The molecule has 7 heteroatoms. The van der Waals surface area contributed by atoms with Gasteiger partial charge in [0.2, 0.25) is 0 Å². The summed E-state index contributed by atoms with van der Waals surface area (Å²) in [5, 5.41) is 1.89. The molecule has 4 nitrogen and oxygen atoms in total. The highest BCUT2D eigenvalue weighted by Crippen LogP contribution is 2.31. The fourth-order valence-electron chi connectivity index (χ4n) is 1.99. The van der Waals surface area contributed by atoms with Gasteiger partial charge in [-0.3, -0.25) is 4.90 Å². The Morgan fingerprint density at radius 2 is 1.89 bits per heavy atom. The molecule has 0 aliphatic carbocycles. The van der Waals surface area contributed by atoms with Crippen molar-refractivity contribution in [2.45, 2.75) is 6.18 Å². The predicted octanol–water partition coefficient (Wildman–Crippen LogP) is 2.21. The second kappa shape index (κ2) is 4.99. The van der Waals surface area contributed by atoms with Crippen LogP contribution in [0.2, 0.25) is 0 Å². The number of carbonyl (C=O) groups excluding carboxylic acids is 1. The van der Waals surface area contributed by atoms with E-state index in [0.29, 0.717) is 18.8 Å². The van der Waals surface area contributed by atoms with Gasteiger partial charge in [0.25, 0.3) is 0 Å². The maximum atomic E-state index is 12.1. The van der Waals surface area contributed by atoms with Crippen LogP contribution in [0.3, 0.4) is 0 Å². The first-order valence-corrected chi connectivity index (χ1v) is 5.81. The Morgan fingerprint density at radius 3 is 2.53 bits per heavy atom. The number of fused-ring (bicyclic) bond motifs is 1. The largest absolute Gasteiger partial charge is 0.405 e. The van der Waals surface area contributed by atoms with Gasteiger partial charge in [0.05, 0.1) is 11.4 Å². The van der Waals surface area contributed by atoms with Crippen LogP contribution in [0.5, 0.6) is 0 Å². The van der Waals surface area contributed by atoms with E-state index in [2.05, 4.69) is 0 Å². The molecule has 0 radical (unpaired) electrons. The quantitative estimate of drug-likeness (QED) is 0.851. The monoisotopic (exact) mass is 273 g/mol. The Bertz CT molecular complexity index is 476. The molecule has 0 fully saturated rings. The van der Waals surface area contributed by atoms with Crippen molar-refractivity contribution in [2.24, 2.45) is 0 Å². The van der Waals surface area contributed by atoms with E-state index >= 15 is 0 Å². The molecular formula is C12H14F3N3O. The summed E-state index contributed by atoms with van der Waals surface area (Å²) in [6.07, 6.45) is -4.40. The number of urea groups is 1. The number of alkyl halides is 3. The van der Waals surface area contributed by atoms with Gasteiger partial charge in [0.1, 0.15) is 6.54 Å². The molecule has 1 aromatic carbocycles. The smallest absolute Gasteiger partial charge is 0.371 e. The zero-order chi connectivity index (χ0) is 14.0. The number of halogens is 3. The zero-order valence-corrected chi connectivity index (χ0v) is 10.4. The summed E-state index contributed by atoms with van der Waals surface area (Å²) in [5.74, 6) is 0. The molecule has 0 saturated carbocycles. The van der Waals surface area contributed by atoms with Gasteiger partial charge in [0, 0.05) is 20.1 Å². The number of carbonyl (C=O) groups is 1. The number of nitrogens with one attached hydrogen (secondary N) is 1. The Kier molecular flexibility index (Phi) is 3.55. The fraction of sp³-hybridized carbons (Fsp3) is 0.417. The molecule has 1 N–H and O–H groups in total. The van der Waals surface area contributed by atoms with Gasteiger partial charge >= 0.3 is 12.2 Å². The summed E-state index contributed by atoms with van der Waals surface area (Å²) in [6.45, 7) is -0.381. The van der Waals surface area contributed by atoms with E-state index in [9.17, 15) is 18.0 Å². The normalized spacial score (nSPS) is 15.2. The van der Waals surface area contributed by atoms with Crippen LogP contribution in [0.1, 0.15) is 0 Å². The second-order valence-electron chi connectivity index (χ2n) is 4.34. The van der Waals surface area contributed by atoms with Crippen molar-refractivity contribution < 1.29 is 18.0 Å². The molecule has 2 amide bonds. The summed E-state index contributed by atoms with van der Waals surface area (Å²) in [5.41, 5.74) is 1.45. The van der Waals surface area contributed by atoms with E-state index in [1.807, 2.05) is 29.4 Å². The second-order valence-corrected chi connectivity index (χ2v) is 4.34. The number of para-hydroxylation sites is 2. The van der Waals surface area contributed by atoms with Crippen LogP contribution < -0.4 is 15.1 Å². The number of likely N-dealkylation sites (N-methyl/N-ethyl adjacent to an activating group) is 1. The summed E-state index contributed by atoms with van der Waals surface area (Å²) < 4.78 is 36.3. The van der Waals surface area contributed by atoms with Crippen LogP contribution >= 0.6 is 0 Å². The first-order chi connectivity index (χ1) is 8.88. The first-order valence-electron chi connectivity index (χ1n) is 5.81.